The van der Waals surface area contributed by atoms with Gasteiger partial charge in [0.25, 0.3) is 0 Å². The molecule has 0 spiro atoms. The van der Waals surface area contributed by atoms with Gasteiger partial charge in [-0.25, -0.2) is 4.98 Å². The minimum Gasteiger partial charge on any atom is -0.245 e. The molecular weight excluding hydrogens is 154 g/mol. The van der Waals surface area contributed by atoms with Gasteiger partial charge in [0.05, 0.1) is 11.2 Å². The van der Waals surface area contributed by atoms with Crippen LogP contribution in [0.4, 0.5) is 0 Å². The van der Waals surface area contributed by atoms with Crippen molar-refractivity contribution in [1.29, 1.82) is 0 Å². The molecule has 1 heterocycles. The molecule has 0 unspecified atom stereocenters. The van der Waals surface area contributed by atoms with Crippen LogP contribution in [0.2, 0.25) is 0 Å². The fraction of sp³-hybridized carbons (Fsp3) is 0. The van der Waals surface area contributed by atoms with Crippen LogP contribution < -0.4 is 0 Å². The van der Waals surface area contributed by atoms with Gasteiger partial charge < -0.3 is 0 Å². The second-order valence-corrected chi connectivity index (χ2v) is 2.96. The Morgan fingerprint density at radius 3 is 2.55 bits per heavy atom. The van der Waals surface area contributed by atoms with Crippen LogP contribution in [-0.4, -0.2) is 4.98 Å². The van der Waals surface area contributed by atoms with Crippen LogP contribution in [0.1, 0.15) is 0 Å². The first kappa shape index (κ1) is 6.55. The fourth-order valence-corrected chi connectivity index (χ4v) is 1.53. The first-order valence-corrected chi connectivity index (χ1v) is 4.35. The maximum atomic E-state index is 4.20. The highest BCUT2D eigenvalue weighted by atomic mass is 32.1. The molecular formula is C9H7NS. The molecule has 0 radical (unpaired) electrons. The van der Waals surface area contributed by atoms with Gasteiger partial charge in [0.1, 0.15) is 0 Å². The van der Waals surface area contributed by atoms with E-state index in [2.05, 4.69) is 22.5 Å². The van der Waals surface area contributed by atoms with Crippen molar-refractivity contribution in [1.82, 2.24) is 4.98 Å². The molecule has 0 saturated heterocycles. The maximum Gasteiger partial charge on any atom is 0.0811 e. The summed E-state index contributed by atoms with van der Waals surface area (Å²) in [5, 5.41) is 2.05. The summed E-state index contributed by atoms with van der Waals surface area (Å²) in [5.41, 5.74) is 4.10. The van der Waals surface area contributed by atoms with Crippen molar-refractivity contribution >= 4 is 11.3 Å². The molecule has 2 heteroatoms. The van der Waals surface area contributed by atoms with E-state index in [9.17, 15) is 0 Å². The summed E-state index contributed by atoms with van der Waals surface area (Å²) in [5.74, 6) is 0. The first-order chi connectivity index (χ1) is 5.47. The summed E-state index contributed by atoms with van der Waals surface area (Å²) >= 11 is 1.62. The second-order valence-electron chi connectivity index (χ2n) is 2.24. The van der Waals surface area contributed by atoms with E-state index in [0.717, 1.165) is 5.69 Å². The van der Waals surface area contributed by atoms with Gasteiger partial charge in [0, 0.05) is 10.9 Å². The SMILES string of the molecule is c1ccc(-c2cscn2)cc1. The normalized spacial score (nSPS) is 9.82. The summed E-state index contributed by atoms with van der Waals surface area (Å²) in [6.45, 7) is 0. The molecule has 2 aromatic rings. The Bertz CT molecular complexity index is 313. The highest BCUT2D eigenvalue weighted by molar-refractivity contribution is 7.07. The van der Waals surface area contributed by atoms with Crippen LogP contribution in [-0.2, 0) is 0 Å². The predicted molar refractivity (Wildman–Crippen MR) is 47.6 cm³/mol. The van der Waals surface area contributed by atoms with Gasteiger partial charge in [-0.2, -0.15) is 0 Å². The minimum atomic E-state index is 1.07. The number of aromatic nitrogens is 1. The predicted octanol–water partition coefficient (Wildman–Crippen LogP) is 2.81. The summed E-state index contributed by atoms with van der Waals surface area (Å²) in [4.78, 5) is 4.20. The first-order valence-electron chi connectivity index (χ1n) is 3.40. The van der Waals surface area contributed by atoms with E-state index in [0.29, 0.717) is 0 Å². The molecule has 0 atom stereocenters. The van der Waals surface area contributed by atoms with Crippen molar-refractivity contribution in [3.8, 4) is 11.3 Å². The van der Waals surface area contributed by atoms with Crippen LogP contribution in [0.3, 0.4) is 0 Å². The topological polar surface area (TPSA) is 12.9 Å². The Hall–Kier alpha value is -1.15. The Kier molecular flexibility index (Phi) is 1.69. The largest absolute Gasteiger partial charge is 0.245 e. The second kappa shape index (κ2) is 2.84. The number of rotatable bonds is 1. The highest BCUT2D eigenvalue weighted by Gasteiger charge is 1.95. The van der Waals surface area contributed by atoms with Crippen molar-refractivity contribution < 1.29 is 0 Å². The molecule has 1 aromatic carbocycles. The van der Waals surface area contributed by atoms with Crippen molar-refractivity contribution in [3.05, 3.63) is 41.2 Å². The molecule has 0 saturated carbocycles. The smallest absolute Gasteiger partial charge is 0.0811 e. The van der Waals surface area contributed by atoms with Gasteiger partial charge in [0.15, 0.2) is 0 Å². The van der Waals surface area contributed by atoms with Gasteiger partial charge in [-0.1, -0.05) is 30.3 Å². The van der Waals surface area contributed by atoms with Crippen molar-refractivity contribution in [2.45, 2.75) is 0 Å². The van der Waals surface area contributed by atoms with Crippen molar-refractivity contribution in [3.63, 3.8) is 0 Å². The quantitative estimate of drug-likeness (QED) is 0.626. The Balaban J connectivity index is 2.46. The molecule has 0 aliphatic rings. The summed E-state index contributed by atoms with van der Waals surface area (Å²) < 4.78 is 0. The van der Waals surface area contributed by atoms with E-state index in [1.807, 2.05) is 23.7 Å². The molecule has 54 valence electrons. The molecule has 11 heavy (non-hydrogen) atoms. The van der Waals surface area contributed by atoms with E-state index in [1.54, 1.807) is 11.3 Å². The van der Waals surface area contributed by atoms with Gasteiger partial charge in [-0.3, -0.25) is 0 Å². The monoisotopic (exact) mass is 161 g/mol. The van der Waals surface area contributed by atoms with Crippen molar-refractivity contribution in [2.75, 3.05) is 0 Å². The van der Waals surface area contributed by atoms with Crippen LogP contribution in [0.5, 0.6) is 0 Å². The average molecular weight is 161 g/mol. The Labute approximate surface area is 69.3 Å². The highest BCUT2D eigenvalue weighted by Crippen LogP contribution is 2.17. The van der Waals surface area contributed by atoms with E-state index < -0.39 is 0 Å². The molecule has 1 nitrogen and oxygen atoms in total. The molecule has 0 aliphatic heterocycles. The molecule has 1 aromatic heterocycles. The third kappa shape index (κ3) is 1.30. The standard InChI is InChI=1S/C9H7NS/c1-2-4-8(5-3-1)9-6-11-7-10-9/h1-7H. The van der Waals surface area contributed by atoms with Crippen LogP contribution in [0, 0.1) is 0 Å². The molecule has 0 fully saturated rings. The van der Waals surface area contributed by atoms with E-state index in [4.69, 9.17) is 0 Å². The maximum absolute atomic E-state index is 4.20. The van der Waals surface area contributed by atoms with Gasteiger partial charge in [-0.15, -0.1) is 11.3 Å². The number of hydrogen-bond acceptors (Lipinski definition) is 2. The number of thiazole rings is 1. The zero-order valence-corrected chi connectivity index (χ0v) is 6.71. The average Bonchev–Trinajstić information content (AvgIpc) is 2.58. The van der Waals surface area contributed by atoms with Crippen LogP contribution in [0.15, 0.2) is 41.2 Å². The number of nitrogens with zero attached hydrogens (tertiary/aromatic N) is 1. The number of hydrogen-bond donors (Lipinski definition) is 0. The summed E-state index contributed by atoms with van der Waals surface area (Å²) in [6.07, 6.45) is 0. The lowest BCUT2D eigenvalue weighted by molar-refractivity contribution is 1.41. The number of benzene rings is 1. The van der Waals surface area contributed by atoms with E-state index >= 15 is 0 Å². The van der Waals surface area contributed by atoms with Gasteiger partial charge in [-0.05, 0) is 0 Å². The summed E-state index contributed by atoms with van der Waals surface area (Å²) in [6, 6.07) is 10.2. The lowest BCUT2D eigenvalue weighted by Gasteiger charge is -1.92. The molecule has 0 N–H and O–H groups in total. The minimum absolute atomic E-state index is 1.07. The van der Waals surface area contributed by atoms with Crippen LogP contribution in [0.25, 0.3) is 11.3 Å². The van der Waals surface area contributed by atoms with E-state index in [-0.39, 0.29) is 0 Å². The zero-order valence-electron chi connectivity index (χ0n) is 5.90. The summed E-state index contributed by atoms with van der Waals surface area (Å²) in [7, 11) is 0. The van der Waals surface area contributed by atoms with Gasteiger partial charge in [0.2, 0.25) is 0 Å². The van der Waals surface area contributed by atoms with Gasteiger partial charge >= 0.3 is 0 Å². The zero-order chi connectivity index (χ0) is 7.52. The molecule has 0 bridgehead atoms. The lowest BCUT2D eigenvalue weighted by atomic mass is 10.2. The molecule has 0 aliphatic carbocycles. The molecule has 2 rings (SSSR count). The van der Waals surface area contributed by atoms with Crippen molar-refractivity contribution in [2.24, 2.45) is 0 Å². The third-order valence-electron chi connectivity index (χ3n) is 1.50. The fourth-order valence-electron chi connectivity index (χ4n) is 0.964. The van der Waals surface area contributed by atoms with E-state index in [1.165, 1.54) is 5.56 Å². The Morgan fingerprint density at radius 2 is 1.91 bits per heavy atom. The third-order valence-corrected chi connectivity index (χ3v) is 2.09. The Morgan fingerprint density at radius 1 is 1.09 bits per heavy atom. The lowest BCUT2D eigenvalue weighted by Crippen LogP contribution is -1.73. The molecule has 0 amide bonds. The van der Waals surface area contributed by atoms with Crippen LogP contribution >= 0.6 is 11.3 Å².